The first-order valence-electron chi connectivity index (χ1n) is 8.19. The van der Waals surface area contributed by atoms with E-state index in [0.29, 0.717) is 5.69 Å². The first kappa shape index (κ1) is 15.7. The molecule has 1 saturated carbocycles. The lowest BCUT2D eigenvalue weighted by Crippen LogP contribution is -2.38. The summed E-state index contributed by atoms with van der Waals surface area (Å²) in [6.07, 6.45) is 3.68. The van der Waals surface area contributed by atoms with Gasteiger partial charge in [-0.15, -0.1) is 0 Å². The van der Waals surface area contributed by atoms with Crippen molar-refractivity contribution in [3.8, 4) is 0 Å². The van der Waals surface area contributed by atoms with E-state index >= 15 is 0 Å². The molecule has 0 unspecified atom stereocenters. The van der Waals surface area contributed by atoms with E-state index in [1.807, 2.05) is 6.07 Å². The highest BCUT2D eigenvalue weighted by molar-refractivity contribution is 5.92. The maximum atomic E-state index is 12.2. The quantitative estimate of drug-likeness (QED) is 0.811. The van der Waals surface area contributed by atoms with Crippen LogP contribution < -0.4 is 5.32 Å². The molecule has 1 aromatic heterocycles. The predicted molar refractivity (Wildman–Crippen MR) is 88.3 cm³/mol. The van der Waals surface area contributed by atoms with Crippen LogP contribution in [0.3, 0.4) is 0 Å². The van der Waals surface area contributed by atoms with Crippen LogP contribution in [0, 0.1) is 6.92 Å². The molecule has 1 aliphatic carbocycles. The molecule has 3 N–H and O–H groups in total. The van der Waals surface area contributed by atoms with Crippen LogP contribution in [-0.2, 0) is 6.42 Å². The highest BCUT2D eigenvalue weighted by atomic mass is 16.3. The standard InChI is InChI=1S/C18H23N3O2/c1-12-2-4-13(5-3-12)10-15-11-17(21-20-15)18(23)19-14-6-8-16(22)9-7-14/h2-5,11,14,16,22H,6-10H2,1H3,(H,19,23)(H,20,21). The van der Waals surface area contributed by atoms with E-state index in [4.69, 9.17) is 0 Å². The Kier molecular flexibility index (Phi) is 4.76. The smallest absolute Gasteiger partial charge is 0.271 e. The number of nitrogens with zero attached hydrogens (tertiary/aromatic N) is 1. The van der Waals surface area contributed by atoms with Gasteiger partial charge in [-0.25, -0.2) is 0 Å². The third kappa shape index (κ3) is 4.20. The largest absolute Gasteiger partial charge is 0.393 e. The van der Waals surface area contributed by atoms with Crippen LogP contribution in [0.15, 0.2) is 30.3 Å². The van der Waals surface area contributed by atoms with Gasteiger partial charge in [-0.2, -0.15) is 5.10 Å². The first-order chi connectivity index (χ1) is 11.1. The topological polar surface area (TPSA) is 78.0 Å². The summed E-state index contributed by atoms with van der Waals surface area (Å²) < 4.78 is 0. The van der Waals surface area contributed by atoms with Gasteiger partial charge in [0.1, 0.15) is 5.69 Å². The van der Waals surface area contributed by atoms with Crippen LogP contribution in [0.4, 0.5) is 0 Å². The number of aromatic nitrogens is 2. The van der Waals surface area contributed by atoms with Crippen molar-refractivity contribution in [3.05, 3.63) is 52.8 Å². The average Bonchev–Trinajstić information content (AvgIpc) is 3.00. The highest BCUT2D eigenvalue weighted by Gasteiger charge is 2.22. The van der Waals surface area contributed by atoms with Crippen molar-refractivity contribution in [1.29, 1.82) is 0 Å². The summed E-state index contributed by atoms with van der Waals surface area (Å²) in [5.74, 6) is -0.141. The maximum absolute atomic E-state index is 12.2. The number of H-pyrrole nitrogens is 1. The lowest BCUT2D eigenvalue weighted by molar-refractivity contribution is 0.0863. The third-order valence-corrected chi connectivity index (χ3v) is 4.41. The number of aromatic amines is 1. The Morgan fingerprint density at radius 1 is 1.26 bits per heavy atom. The Balaban J connectivity index is 1.57. The van der Waals surface area contributed by atoms with E-state index in [0.717, 1.165) is 37.8 Å². The molecule has 1 fully saturated rings. The van der Waals surface area contributed by atoms with Gasteiger partial charge in [-0.3, -0.25) is 9.89 Å². The van der Waals surface area contributed by atoms with Gasteiger partial charge < -0.3 is 10.4 Å². The Morgan fingerprint density at radius 3 is 2.65 bits per heavy atom. The van der Waals surface area contributed by atoms with Crippen LogP contribution in [0.25, 0.3) is 0 Å². The molecule has 5 nitrogen and oxygen atoms in total. The Morgan fingerprint density at radius 2 is 1.96 bits per heavy atom. The third-order valence-electron chi connectivity index (χ3n) is 4.41. The summed E-state index contributed by atoms with van der Waals surface area (Å²) in [5.41, 5.74) is 3.78. The fourth-order valence-electron chi connectivity index (χ4n) is 2.97. The number of aliphatic hydroxyl groups excluding tert-OH is 1. The molecule has 1 amide bonds. The van der Waals surface area contributed by atoms with Crippen molar-refractivity contribution in [2.24, 2.45) is 0 Å². The minimum atomic E-state index is -0.213. The summed E-state index contributed by atoms with van der Waals surface area (Å²) in [7, 11) is 0. The molecule has 0 radical (unpaired) electrons. The minimum Gasteiger partial charge on any atom is -0.393 e. The van der Waals surface area contributed by atoms with Crippen molar-refractivity contribution in [2.75, 3.05) is 0 Å². The second-order valence-electron chi connectivity index (χ2n) is 6.42. The molecule has 1 heterocycles. The molecule has 0 bridgehead atoms. The van der Waals surface area contributed by atoms with Crippen molar-refractivity contribution in [3.63, 3.8) is 0 Å². The SMILES string of the molecule is Cc1ccc(Cc2cc(C(=O)NC3CCC(O)CC3)n[nH]2)cc1. The molecule has 2 aromatic rings. The molecule has 1 aromatic carbocycles. The number of benzene rings is 1. The zero-order valence-electron chi connectivity index (χ0n) is 13.4. The number of hydrogen-bond acceptors (Lipinski definition) is 3. The Labute approximate surface area is 136 Å². The fraction of sp³-hybridized carbons (Fsp3) is 0.444. The molecule has 122 valence electrons. The molecule has 1 aliphatic rings. The number of rotatable bonds is 4. The zero-order valence-corrected chi connectivity index (χ0v) is 13.4. The van der Waals surface area contributed by atoms with E-state index in [2.05, 4.69) is 46.7 Å². The molecule has 0 saturated heterocycles. The lowest BCUT2D eigenvalue weighted by Gasteiger charge is -2.25. The number of aryl methyl sites for hydroxylation is 1. The average molecular weight is 313 g/mol. The molecule has 23 heavy (non-hydrogen) atoms. The van der Waals surface area contributed by atoms with Crippen molar-refractivity contribution in [2.45, 2.75) is 51.2 Å². The summed E-state index contributed by atoms with van der Waals surface area (Å²) in [6.45, 7) is 2.06. The molecule has 0 atom stereocenters. The van der Waals surface area contributed by atoms with E-state index in [-0.39, 0.29) is 18.1 Å². The molecular formula is C18H23N3O2. The van der Waals surface area contributed by atoms with Gasteiger partial charge in [0.05, 0.1) is 6.10 Å². The zero-order chi connectivity index (χ0) is 16.2. The second-order valence-corrected chi connectivity index (χ2v) is 6.42. The minimum absolute atomic E-state index is 0.141. The Bertz CT molecular complexity index is 655. The van der Waals surface area contributed by atoms with Crippen LogP contribution in [0.5, 0.6) is 0 Å². The maximum Gasteiger partial charge on any atom is 0.271 e. The van der Waals surface area contributed by atoms with Gasteiger partial charge in [-0.1, -0.05) is 29.8 Å². The normalized spacial score (nSPS) is 21.1. The number of hydrogen-bond donors (Lipinski definition) is 3. The lowest BCUT2D eigenvalue weighted by atomic mass is 9.93. The first-order valence-corrected chi connectivity index (χ1v) is 8.19. The molecule has 0 spiro atoms. The molecular weight excluding hydrogens is 290 g/mol. The van der Waals surface area contributed by atoms with Crippen LogP contribution >= 0.6 is 0 Å². The van der Waals surface area contributed by atoms with Gasteiger partial charge in [0, 0.05) is 18.2 Å². The predicted octanol–water partition coefficient (Wildman–Crippen LogP) is 2.34. The van der Waals surface area contributed by atoms with E-state index in [1.165, 1.54) is 11.1 Å². The second kappa shape index (κ2) is 6.96. The summed E-state index contributed by atoms with van der Waals surface area (Å²) in [5, 5.41) is 19.6. The summed E-state index contributed by atoms with van der Waals surface area (Å²) in [6, 6.07) is 10.3. The summed E-state index contributed by atoms with van der Waals surface area (Å²) in [4.78, 5) is 12.2. The molecule has 0 aliphatic heterocycles. The van der Waals surface area contributed by atoms with E-state index in [9.17, 15) is 9.90 Å². The van der Waals surface area contributed by atoms with E-state index in [1.54, 1.807) is 0 Å². The Hall–Kier alpha value is -2.14. The van der Waals surface area contributed by atoms with Crippen molar-refractivity contribution in [1.82, 2.24) is 15.5 Å². The van der Waals surface area contributed by atoms with Gasteiger partial charge >= 0.3 is 0 Å². The number of amides is 1. The monoisotopic (exact) mass is 313 g/mol. The summed E-state index contributed by atoms with van der Waals surface area (Å²) >= 11 is 0. The van der Waals surface area contributed by atoms with Gasteiger partial charge in [0.15, 0.2) is 0 Å². The fourth-order valence-corrected chi connectivity index (χ4v) is 2.97. The number of nitrogens with one attached hydrogen (secondary N) is 2. The van der Waals surface area contributed by atoms with Crippen LogP contribution in [0.2, 0.25) is 0 Å². The van der Waals surface area contributed by atoms with Crippen LogP contribution in [0.1, 0.15) is 53.0 Å². The van der Waals surface area contributed by atoms with Gasteiger partial charge in [-0.05, 0) is 44.2 Å². The number of carbonyl (C=O) groups excluding carboxylic acids is 1. The molecule has 3 rings (SSSR count). The molecule has 5 heteroatoms. The van der Waals surface area contributed by atoms with Gasteiger partial charge in [0.25, 0.3) is 5.91 Å². The van der Waals surface area contributed by atoms with Crippen molar-refractivity contribution >= 4 is 5.91 Å². The van der Waals surface area contributed by atoms with Gasteiger partial charge in [0.2, 0.25) is 0 Å². The van der Waals surface area contributed by atoms with Crippen molar-refractivity contribution < 1.29 is 9.90 Å². The van der Waals surface area contributed by atoms with Crippen LogP contribution in [-0.4, -0.2) is 33.4 Å². The van der Waals surface area contributed by atoms with E-state index < -0.39 is 0 Å². The number of aliphatic hydroxyl groups is 1. The number of carbonyl (C=O) groups is 1. The highest BCUT2D eigenvalue weighted by Crippen LogP contribution is 2.18.